The minimum Gasteiger partial charge on any atom is -0.508 e. The summed E-state index contributed by atoms with van der Waals surface area (Å²) in [5, 5.41) is 10.5. The highest BCUT2D eigenvalue weighted by molar-refractivity contribution is 5.81. The summed E-state index contributed by atoms with van der Waals surface area (Å²) in [7, 11) is 0. The molecule has 0 saturated carbocycles. The Morgan fingerprint density at radius 2 is 1.68 bits per heavy atom. The second kappa shape index (κ2) is 8.32. The van der Waals surface area contributed by atoms with Crippen molar-refractivity contribution in [3.63, 3.8) is 0 Å². The summed E-state index contributed by atoms with van der Waals surface area (Å²) in [4.78, 5) is 30.8. The second-order valence-electron chi connectivity index (χ2n) is 7.76. The van der Waals surface area contributed by atoms with E-state index in [1.807, 2.05) is 4.90 Å². The number of carbonyl (C=O) groups excluding carboxylic acids is 1. The fourth-order valence-electron chi connectivity index (χ4n) is 4.13. The van der Waals surface area contributed by atoms with Gasteiger partial charge in [-0.2, -0.15) is 0 Å². The summed E-state index contributed by atoms with van der Waals surface area (Å²) in [6.07, 6.45) is 3.47. The van der Waals surface area contributed by atoms with Crippen LogP contribution in [-0.2, 0) is 11.3 Å². The van der Waals surface area contributed by atoms with Gasteiger partial charge in [-0.15, -0.1) is 0 Å². The van der Waals surface area contributed by atoms with Crippen molar-refractivity contribution >= 4 is 16.9 Å². The van der Waals surface area contributed by atoms with Crippen molar-refractivity contribution in [2.24, 2.45) is 0 Å². The molecule has 2 saturated heterocycles. The number of amides is 1. The molecule has 0 aliphatic carbocycles. The van der Waals surface area contributed by atoms with E-state index in [9.17, 15) is 14.7 Å². The molecule has 150 valence electrons. The van der Waals surface area contributed by atoms with Gasteiger partial charge in [-0.3, -0.25) is 14.6 Å². The fraction of sp³-hybridized carbons (Fsp3) is 0.524. The van der Waals surface area contributed by atoms with Crippen molar-refractivity contribution in [3.05, 3.63) is 40.2 Å². The van der Waals surface area contributed by atoms with Crippen molar-refractivity contribution in [1.29, 1.82) is 0 Å². The number of rotatable bonds is 4. The van der Waals surface area contributed by atoms with Gasteiger partial charge in [-0.05, 0) is 37.0 Å². The van der Waals surface area contributed by atoms with Gasteiger partial charge in [-0.25, -0.2) is 4.79 Å². The van der Waals surface area contributed by atoms with Gasteiger partial charge in [0.1, 0.15) is 11.3 Å². The molecule has 0 unspecified atom stereocenters. The first kappa shape index (κ1) is 19.0. The molecule has 4 rings (SSSR count). The molecule has 2 fully saturated rings. The minimum atomic E-state index is -0.404. The van der Waals surface area contributed by atoms with Gasteiger partial charge in [0.05, 0.1) is 6.54 Å². The lowest BCUT2D eigenvalue weighted by molar-refractivity contribution is -0.133. The summed E-state index contributed by atoms with van der Waals surface area (Å²) in [5.74, 6) is 0.333. The van der Waals surface area contributed by atoms with E-state index in [-0.39, 0.29) is 11.7 Å². The van der Waals surface area contributed by atoms with Crippen LogP contribution in [-0.4, -0.2) is 71.5 Å². The third kappa shape index (κ3) is 4.36. The Morgan fingerprint density at radius 3 is 2.43 bits per heavy atom. The summed E-state index contributed by atoms with van der Waals surface area (Å²) >= 11 is 0. The van der Waals surface area contributed by atoms with Crippen LogP contribution < -0.4 is 5.63 Å². The normalized spacial score (nSPS) is 19.2. The Balaban J connectivity index is 1.35. The van der Waals surface area contributed by atoms with Crippen molar-refractivity contribution in [3.8, 4) is 5.75 Å². The van der Waals surface area contributed by atoms with Gasteiger partial charge in [0, 0.05) is 63.3 Å². The molecule has 2 aliphatic rings. The predicted octanol–water partition coefficient (Wildman–Crippen LogP) is 1.63. The monoisotopic (exact) mass is 385 g/mol. The average Bonchev–Trinajstić information content (AvgIpc) is 2.69. The van der Waals surface area contributed by atoms with Crippen LogP contribution >= 0.6 is 0 Å². The molecule has 28 heavy (non-hydrogen) atoms. The Labute approximate surface area is 164 Å². The standard InChI is InChI=1S/C21H27N3O4/c25-17-4-5-18-16(12-21(27)28-19(18)13-17)14-22-8-10-23(11-9-22)15-20(26)24-6-2-1-3-7-24/h4-5,12-13,25H,1-3,6-11,14-15H2. The molecule has 1 amide bonds. The van der Waals surface area contributed by atoms with Gasteiger partial charge in [0.2, 0.25) is 5.91 Å². The van der Waals surface area contributed by atoms with E-state index < -0.39 is 5.63 Å². The van der Waals surface area contributed by atoms with Crippen molar-refractivity contribution in [1.82, 2.24) is 14.7 Å². The molecule has 0 bridgehead atoms. The highest BCUT2D eigenvalue weighted by Crippen LogP contribution is 2.23. The largest absolute Gasteiger partial charge is 0.508 e. The van der Waals surface area contributed by atoms with E-state index in [4.69, 9.17) is 4.42 Å². The number of phenols is 1. The fourth-order valence-corrected chi connectivity index (χ4v) is 4.13. The molecule has 0 atom stereocenters. The first-order chi connectivity index (χ1) is 13.6. The number of fused-ring (bicyclic) bond motifs is 1. The molecule has 2 aliphatic heterocycles. The molecule has 2 aromatic rings. The third-order valence-corrected chi connectivity index (χ3v) is 5.74. The number of nitrogens with zero attached hydrogens (tertiary/aromatic N) is 3. The van der Waals surface area contributed by atoms with Crippen molar-refractivity contribution in [2.75, 3.05) is 45.8 Å². The Morgan fingerprint density at radius 1 is 0.964 bits per heavy atom. The lowest BCUT2D eigenvalue weighted by Gasteiger charge is -2.36. The van der Waals surface area contributed by atoms with Crippen LogP contribution in [0.25, 0.3) is 11.0 Å². The molecule has 7 heteroatoms. The number of phenolic OH excluding ortho intramolecular Hbond substituents is 1. The van der Waals surface area contributed by atoms with Crippen LogP contribution in [0.1, 0.15) is 24.8 Å². The number of piperidine rings is 1. The van der Waals surface area contributed by atoms with Crippen LogP contribution in [0, 0.1) is 0 Å². The second-order valence-corrected chi connectivity index (χ2v) is 7.76. The predicted molar refractivity (Wildman–Crippen MR) is 106 cm³/mol. The van der Waals surface area contributed by atoms with Crippen LogP contribution in [0.2, 0.25) is 0 Å². The van der Waals surface area contributed by atoms with Gasteiger partial charge in [0.25, 0.3) is 0 Å². The summed E-state index contributed by atoms with van der Waals surface area (Å²) in [5.41, 5.74) is 0.913. The number of benzene rings is 1. The number of hydrogen-bond acceptors (Lipinski definition) is 6. The highest BCUT2D eigenvalue weighted by Gasteiger charge is 2.23. The van der Waals surface area contributed by atoms with Crippen LogP contribution in [0.15, 0.2) is 33.5 Å². The van der Waals surface area contributed by atoms with E-state index in [2.05, 4.69) is 9.80 Å². The van der Waals surface area contributed by atoms with E-state index in [0.717, 1.165) is 63.1 Å². The van der Waals surface area contributed by atoms with Gasteiger partial charge < -0.3 is 14.4 Å². The van der Waals surface area contributed by atoms with E-state index in [0.29, 0.717) is 18.7 Å². The average molecular weight is 385 g/mol. The van der Waals surface area contributed by atoms with Crippen molar-refractivity contribution < 1.29 is 14.3 Å². The molecular weight excluding hydrogens is 358 g/mol. The number of aromatic hydroxyl groups is 1. The molecule has 3 heterocycles. The summed E-state index contributed by atoms with van der Waals surface area (Å²) < 4.78 is 5.21. The van der Waals surface area contributed by atoms with E-state index in [1.54, 1.807) is 12.1 Å². The molecule has 0 radical (unpaired) electrons. The first-order valence-electron chi connectivity index (χ1n) is 10.1. The number of piperazine rings is 1. The van der Waals surface area contributed by atoms with Crippen LogP contribution in [0.4, 0.5) is 0 Å². The smallest absolute Gasteiger partial charge is 0.336 e. The van der Waals surface area contributed by atoms with E-state index >= 15 is 0 Å². The van der Waals surface area contributed by atoms with Gasteiger partial charge in [0.15, 0.2) is 0 Å². The Hall–Kier alpha value is -2.38. The number of hydrogen-bond donors (Lipinski definition) is 1. The summed E-state index contributed by atoms with van der Waals surface area (Å²) in [6, 6.07) is 6.41. The zero-order valence-corrected chi connectivity index (χ0v) is 16.1. The molecule has 1 aromatic carbocycles. The summed E-state index contributed by atoms with van der Waals surface area (Å²) in [6.45, 7) is 6.36. The van der Waals surface area contributed by atoms with Crippen LogP contribution in [0.5, 0.6) is 5.75 Å². The zero-order chi connectivity index (χ0) is 19.5. The third-order valence-electron chi connectivity index (χ3n) is 5.74. The van der Waals surface area contributed by atoms with Gasteiger partial charge >= 0.3 is 5.63 Å². The lowest BCUT2D eigenvalue weighted by atomic mass is 10.1. The first-order valence-corrected chi connectivity index (χ1v) is 10.1. The molecule has 1 aromatic heterocycles. The molecule has 1 N–H and O–H groups in total. The maximum atomic E-state index is 12.5. The SMILES string of the molecule is O=C(CN1CCN(Cc2cc(=O)oc3cc(O)ccc23)CC1)N1CCCCC1. The zero-order valence-electron chi connectivity index (χ0n) is 16.1. The lowest BCUT2D eigenvalue weighted by Crippen LogP contribution is -2.50. The molecule has 0 spiro atoms. The number of carbonyl (C=O) groups is 1. The van der Waals surface area contributed by atoms with Crippen LogP contribution in [0.3, 0.4) is 0 Å². The topological polar surface area (TPSA) is 77.2 Å². The maximum Gasteiger partial charge on any atom is 0.336 e. The quantitative estimate of drug-likeness (QED) is 0.806. The molecule has 7 nitrogen and oxygen atoms in total. The van der Waals surface area contributed by atoms with E-state index in [1.165, 1.54) is 18.6 Å². The number of likely N-dealkylation sites (tertiary alicyclic amines) is 1. The Bertz CT molecular complexity index is 896. The molecular formula is C21H27N3O4. The Kier molecular flexibility index (Phi) is 5.64. The highest BCUT2D eigenvalue weighted by atomic mass is 16.4. The van der Waals surface area contributed by atoms with Gasteiger partial charge in [-0.1, -0.05) is 0 Å². The minimum absolute atomic E-state index is 0.0831. The van der Waals surface area contributed by atoms with Crippen molar-refractivity contribution in [2.45, 2.75) is 25.8 Å². The maximum absolute atomic E-state index is 12.5.